The first-order valence-corrected chi connectivity index (χ1v) is 2.17. The third-order valence-corrected chi connectivity index (χ3v) is 0.748. The second-order valence-electron chi connectivity index (χ2n) is 1.56. The van der Waals surface area contributed by atoms with E-state index in [4.69, 9.17) is 0 Å². The third kappa shape index (κ3) is 2.07. The molecule has 1 radical (unpaired) electrons. The monoisotopic (exact) mass is 165 g/mol. The molecular weight excluding hydrogens is 162 g/mol. The minimum Gasteiger partial charge on any atom is -0.244 e. The Kier molecular flexibility index (Phi) is 2.56. The normalized spacial score (nSPS) is 13.8. The summed E-state index contributed by atoms with van der Waals surface area (Å²) in [5.41, 5.74) is 0. The van der Waals surface area contributed by atoms with Crippen molar-refractivity contribution in [1.82, 2.24) is 0 Å². The third-order valence-electron chi connectivity index (χ3n) is 0.748. The molecule has 0 N–H and O–H groups in total. The van der Waals surface area contributed by atoms with Crippen molar-refractivity contribution in [3.8, 4) is 0 Å². The lowest BCUT2D eigenvalue weighted by atomic mass is 10.2. The van der Waals surface area contributed by atoms with Gasteiger partial charge in [-0.2, -0.15) is 22.0 Å². The van der Waals surface area contributed by atoms with E-state index in [1.165, 1.54) is 0 Å². The minimum absolute atomic E-state index is 0.715. The average Bonchev–Trinajstić information content (AvgIpc) is 1.61. The highest BCUT2D eigenvalue weighted by atomic mass is 19.4. The minimum atomic E-state index is -5.66. The molecule has 0 heterocycles. The zero-order chi connectivity index (χ0) is 8.41. The number of halogens is 6. The van der Waals surface area contributed by atoms with Crippen molar-refractivity contribution in [2.24, 2.45) is 0 Å². The van der Waals surface area contributed by atoms with E-state index in [0.717, 1.165) is 0 Å². The Bertz CT molecular complexity index is 103. The van der Waals surface area contributed by atoms with Gasteiger partial charge in [0.15, 0.2) is 0 Å². The molecule has 10 heavy (non-hydrogen) atoms. The van der Waals surface area contributed by atoms with E-state index in [9.17, 15) is 26.3 Å². The van der Waals surface area contributed by atoms with E-state index in [1.807, 2.05) is 0 Å². The summed E-state index contributed by atoms with van der Waals surface area (Å²) >= 11 is 0. The Morgan fingerprint density at radius 1 is 1.00 bits per heavy atom. The van der Waals surface area contributed by atoms with Crippen LogP contribution in [0.1, 0.15) is 6.42 Å². The van der Waals surface area contributed by atoms with Crippen molar-refractivity contribution >= 4 is 0 Å². The molecule has 0 bridgehead atoms. The van der Waals surface area contributed by atoms with Crippen LogP contribution in [0.5, 0.6) is 0 Å². The summed E-state index contributed by atoms with van der Waals surface area (Å²) in [6.45, 7) is -0.715. The van der Waals surface area contributed by atoms with Crippen LogP contribution in [0.15, 0.2) is 0 Å². The van der Waals surface area contributed by atoms with Gasteiger partial charge in [-0.15, -0.1) is 0 Å². The van der Waals surface area contributed by atoms with Gasteiger partial charge in [0, 0.05) is 0 Å². The molecule has 0 aliphatic rings. The molecule has 0 unspecified atom stereocenters. The lowest BCUT2D eigenvalue weighted by molar-refractivity contribution is -0.282. The summed E-state index contributed by atoms with van der Waals surface area (Å²) in [4.78, 5) is 0. The zero-order valence-electron chi connectivity index (χ0n) is 4.55. The second kappa shape index (κ2) is 2.67. The van der Waals surface area contributed by atoms with Crippen LogP contribution in [-0.4, -0.2) is 12.1 Å². The van der Waals surface area contributed by atoms with E-state index in [-0.39, 0.29) is 0 Å². The fourth-order valence-corrected chi connectivity index (χ4v) is 0.213. The van der Waals surface area contributed by atoms with Crippen molar-refractivity contribution in [3.63, 3.8) is 0 Å². The van der Waals surface area contributed by atoms with E-state index in [2.05, 4.69) is 0 Å². The topological polar surface area (TPSA) is 0 Å². The number of hydrogen-bond acceptors (Lipinski definition) is 0. The molecule has 0 spiro atoms. The van der Waals surface area contributed by atoms with Crippen molar-refractivity contribution in [3.05, 3.63) is 6.67 Å². The summed E-state index contributed by atoms with van der Waals surface area (Å²) in [5.74, 6) is -4.94. The fourth-order valence-electron chi connectivity index (χ4n) is 0.213. The van der Waals surface area contributed by atoms with Gasteiger partial charge in [-0.05, 0) is 0 Å². The SMILES string of the molecule is F[CH]CC(F)(F)C(F)(F)F. The Balaban J connectivity index is 4.10. The average molecular weight is 165 g/mol. The molecule has 6 heteroatoms. The molecule has 0 saturated heterocycles. The molecule has 0 aromatic rings. The molecule has 0 saturated carbocycles. The maximum atomic E-state index is 11.5. The van der Waals surface area contributed by atoms with Gasteiger partial charge >= 0.3 is 12.1 Å². The molecule has 0 aliphatic carbocycles. The summed E-state index contributed by atoms with van der Waals surface area (Å²) in [5, 5.41) is 0. The number of rotatable bonds is 2. The van der Waals surface area contributed by atoms with Crippen LogP contribution in [0.4, 0.5) is 26.3 Å². The predicted molar refractivity (Wildman–Crippen MR) is 21.0 cm³/mol. The van der Waals surface area contributed by atoms with Gasteiger partial charge in [0.1, 0.15) is 6.67 Å². The molecule has 0 aromatic heterocycles. The summed E-state index contributed by atoms with van der Waals surface area (Å²) in [6.07, 6.45) is -7.58. The van der Waals surface area contributed by atoms with Gasteiger partial charge < -0.3 is 0 Å². The first-order valence-electron chi connectivity index (χ1n) is 2.17. The Morgan fingerprint density at radius 2 is 1.40 bits per heavy atom. The molecule has 61 valence electrons. The van der Waals surface area contributed by atoms with Crippen LogP contribution in [0.25, 0.3) is 0 Å². The quantitative estimate of drug-likeness (QED) is 0.552. The first-order chi connectivity index (χ1) is 4.31. The highest BCUT2D eigenvalue weighted by Gasteiger charge is 2.56. The molecule has 0 aliphatic heterocycles. The highest BCUT2D eigenvalue weighted by Crippen LogP contribution is 2.38. The van der Waals surface area contributed by atoms with E-state index >= 15 is 0 Å². The van der Waals surface area contributed by atoms with Crippen molar-refractivity contribution < 1.29 is 26.3 Å². The maximum Gasteiger partial charge on any atom is 0.453 e. The van der Waals surface area contributed by atoms with E-state index < -0.39 is 25.2 Å². The van der Waals surface area contributed by atoms with E-state index in [0.29, 0.717) is 0 Å². The largest absolute Gasteiger partial charge is 0.453 e. The van der Waals surface area contributed by atoms with E-state index in [1.54, 1.807) is 0 Å². The highest BCUT2D eigenvalue weighted by molar-refractivity contribution is 4.78. The molecule has 0 aromatic carbocycles. The van der Waals surface area contributed by atoms with Crippen LogP contribution >= 0.6 is 0 Å². The standard InChI is InChI=1S/C4H3F6/c5-2-1-3(6,7)4(8,9)10/h2H,1H2. The van der Waals surface area contributed by atoms with Gasteiger partial charge in [0.05, 0.1) is 6.42 Å². The smallest absolute Gasteiger partial charge is 0.244 e. The second-order valence-corrected chi connectivity index (χ2v) is 1.56. The van der Waals surface area contributed by atoms with Crippen LogP contribution in [0.3, 0.4) is 0 Å². The van der Waals surface area contributed by atoms with Gasteiger partial charge in [0.25, 0.3) is 0 Å². The maximum absolute atomic E-state index is 11.5. The van der Waals surface area contributed by atoms with Crippen LogP contribution in [-0.2, 0) is 0 Å². The van der Waals surface area contributed by atoms with Gasteiger partial charge in [-0.3, -0.25) is 0 Å². The Labute approximate surface area is 52.8 Å². The van der Waals surface area contributed by atoms with Gasteiger partial charge in [-0.1, -0.05) is 0 Å². The predicted octanol–water partition coefficient (Wildman–Crippen LogP) is 2.71. The van der Waals surface area contributed by atoms with Crippen LogP contribution in [0.2, 0.25) is 0 Å². The van der Waals surface area contributed by atoms with Crippen LogP contribution in [0, 0.1) is 6.67 Å². The van der Waals surface area contributed by atoms with Gasteiger partial charge in [-0.25, -0.2) is 4.39 Å². The summed E-state index contributed by atoms with van der Waals surface area (Å²) in [6, 6.07) is 0. The molecular formula is C4H3F6. The molecule has 0 amide bonds. The summed E-state index contributed by atoms with van der Waals surface area (Å²) in [7, 11) is 0. The molecule has 0 rings (SSSR count). The Hall–Kier alpha value is -0.420. The van der Waals surface area contributed by atoms with Gasteiger partial charge in [0.2, 0.25) is 0 Å². The van der Waals surface area contributed by atoms with Crippen molar-refractivity contribution in [2.45, 2.75) is 18.5 Å². The molecule has 0 fully saturated rings. The van der Waals surface area contributed by atoms with Crippen LogP contribution < -0.4 is 0 Å². The molecule has 0 atom stereocenters. The first kappa shape index (κ1) is 9.58. The van der Waals surface area contributed by atoms with Crippen molar-refractivity contribution in [1.29, 1.82) is 0 Å². The molecule has 0 nitrogen and oxygen atoms in total. The lowest BCUT2D eigenvalue weighted by Crippen LogP contribution is -2.35. The van der Waals surface area contributed by atoms with Crippen molar-refractivity contribution in [2.75, 3.05) is 0 Å². The Morgan fingerprint density at radius 3 is 1.50 bits per heavy atom. The summed E-state index contributed by atoms with van der Waals surface area (Å²) < 4.78 is 67.2. The fraction of sp³-hybridized carbons (Fsp3) is 0.750. The number of hydrogen-bond donors (Lipinski definition) is 0. The lowest BCUT2D eigenvalue weighted by Gasteiger charge is -2.16. The number of alkyl halides is 5. The zero-order valence-corrected chi connectivity index (χ0v) is 4.55.